The van der Waals surface area contributed by atoms with Gasteiger partial charge < -0.3 is 14.8 Å². The van der Waals surface area contributed by atoms with Crippen LogP contribution < -0.4 is 10.1 Å². The molecule has 3 fully saturated rings. The fourth-order valence-electron chi connectivity index (χ4n) is 4.55. The van der Waals surface area contributed by atoms with E-state index in [2.05, 4.69) is 19.2 Å². The molecule has 1 aromatic rings. The van der Waals surface area contributed by atoms with Crippen LogP contribution in [0, 0.1) is 11.8 Å². The van der Waals surface area contributed by atoms with Crippen LogP contribution in [0.2, 0.25) is 0 Å². The van der Waals surface area contributed by atoms with Crippen molar-refractivity contribution in [2.75, 3.05) is 13.2 Å². The van der Waals surface area contributed by atoms with Crippen molar-refractivity contribution < 1.29 is 14.3 Å². The second-order valence-electron chi connectivity index (χ2n) is 8.49. The topological polar surface area (TPSA) is 47.6 Å². The highest BCUT2D eigenvalue weighted by Gasteiger charge is 2.69. The summed E-state index contributed by atoms with van der Waals surface area (Å²) in [7, 11) is 0. The third-order valence-corrected chi connectivity index (χ3v) is 6.49. The molecule has 2 atom stereocenters. The van der Waals surface area contributed by atoms with Crippen molar-refractivity contribution in [3.8, 4) is 5.75 Å². The van der Waals surface area contributed by atoms with E-state index in [1.807, 2.05) is 24.3 Å². The summed E-state index contributed by atoms with van der Waals surface area (Å²) in [5, 5.41) is 3.23. The Morgan fingerprint density at radius 2 is 1.92 bits per heavy atom. The molecular formula is C21H29NO3. The molecule has 4 nitrogen and oxygen atoms in total. The van der Waals surface area contributed by atoms with Crippen LogP contribution in [0.15, 0.2) is 24.3 Å². The van der Waals surface area contributed by atoms with E-state index in [1.165, 1.54) is 32.1 Å². The van der Waals surface area contributed by atoms with Crippen molar-refractivity contribution in [3.63, 3.8) is 0 Å². The molecule has 0 bridgehead atoms. The summed E-state index contributed by atoms with van der Waals surface area (Å²) >= 11 is 0. The minimum Gasteiger partial charge on any atom is -0.493 e. The molecule has 1 aromatic carbocycles. The van der Waals surface area contributed by atoms with Crippen LogP contribution >= 0.6 is 0 Å². The lowest BCUT2D eigenvalue weighted by atomic mass is 9.90. The molecule has 4 heteroatoms. The van der Waals surface area contributed by atoms with Gasteiger partial charge in [0.1, 0.15) is 5.75 Å². The van der Waals surface area contributed by atoms with Crippen molar-refractivity contribution in [1.82, 2.24) is 5.32 Å². The lowest BCUT2D eigenvalue weighted by Gasteiger charge is -2.31. The zero-order valence-corrected chi connectivity index (χ0v) is 15.3. The molecule has 3 aliphatic rings. The van der Waals surface area contributed by atoms with Gasteiger partial charge >= 0.3 is 0 Å². The van der Waals surface area contributed by atoms with Gasteiger partial charge in [0.2, 0.25) is 0 Å². The van der Waals surface area contributed by atoms with Gasteiger partial charge in [0.05, 0.1) is 24.4 Å². The highest BCUT2D eigenvalue weighted by molar-refractivity contribution is 5.95. The summed E-state index contributed by atoms with van der Waals surface area (Å²) in [4.78, 5) is 12.6. The van der Waals surface area contributed by atoms with Crippen molar-refractivity contribution in [3.05, 3.63) is 29.8 Å². The first-order valence-corrected chi connectivity index (χ1v) is 9.69. The van der Waals surface area contributed by atoms with Crippen molar-refractivity contribution in [2.45, 2.75) is 63.5 Å². The lowest BCUT2D eigenvalue weighted by Crippen LogP contribution is -2.51. The average molecular weight is 343 g/mol. The van der Waals surface area contributed by atoms with E-state index in [-0.39, 0.29) is 17.0 Å². The Morgan fingerprint density at radius 3 is 2.52 bits per heavy atom. The van der Waals surface area contributed by atoms with E-state index in [9.17, 15) is 4.79 Å². The number of hydrogen-bond acceptors (Lipinski definition) is 3. The number of benzene rings is 1. The van der Waals surface area contributed by atoms with E-state index >= 15 is 0 Å². The van der Waals surface area contributed by atoms with E-state index in [1.54, 1.807) is 0 Å². The largest absolute Gasteiger partial charge is 0.493 e. The monoisotopic (exact) mass is 343 g/mol. The maximum absolute atomic E-state index is 12.6. The highest BCUT2D eigenvalue weighted by Crippen LogP contribution is 2.57. The molecule has 2 saturated carbocycles. The summed E-state index contributed by atoms with van der Waals surface area (Å²) in [6.07, 6.45) is 7.61. The fourth-order valence-corrected chi connectivity index (χ4v) is 4.55. The lowest BCUT2D eigenvalue weighted by molar-refractivity contribution is -0.00868. The molecule has 1 heterocycles. The Bertz CT molecular complexity index is 633. The zero-order valence-electron chi connectivity index (χ0n) is 15.3. The van der Waals surface area contributed by atoms with Crippen LogP contribution in [0.5, 0.6) is 5.75 Å². The number of amides is 1. The quantitative estimate of drug-likeness (QED) is 0.881. The Balaban J connectivity index is 1.33. The smallest absolute Gasteiger partial charge is 0.251 e. The molecule has 1 aliphatic heterocycles. The molecule has 2 aliphatic carbocycles. The van der Waals surface area contributed by atoms with Crippen molar-refractivity contribution in [2.24, 2.45) is 11.8 Å². The van der Waals surface area contributed by atoms with Gasteiger partial charge in [0.25, 0.3) is 5.91 Å². The minimum absolute atomic E-state index is 0.0140. The molecule has 25 heavy (non-hydrogen) atoms. The third kappa shape index (κ3) is 3.17. The normalized spacial score (nSPS) is 30.6. The van der Waals surface area contributed by atoms with E-state index in [0.29, 0.717) is 17.4 Å². The Hall–Kier alpha value is -1.55. The van der Waals surface area contributed by atoms with Crippen LogP contribution in [0.4, 0.5) is 0 Å². The number of carbonyl (C=O) groups excluding carboxylic acids is 1. The second-order valence-corrected chi connectivity index (χ2v) is 8.49. The van der Waals surface area contributed by atoms with Crippen LogP contribution in [-0.2, 0) is 4.74 Å². The summed E-state index contributed by atoms with van der Waals surface area (Å²) in [5.74, 6) is 1.99. The number of rotatable bonds is 5. The predicted octanol–water partition coefficient (Wildman–Crippen LogP) is 3.94. The van der Waals surface area contributed by atoms with Gasteiger partial charge in [-0.1, -0.05) is 19.3 Å². The van der Waals surface area contributed by atoms with Crippen molar-refractivity contribution in [1.29, 1.82) is 0 Å². The molecule has 136 valence electrons. The molecule has 4 rings (SSSR count). The maximum atomic E-state index is 12.6. The van der Waals surface area contributed by atoms with Crippen LogP contribution in [0.1, 0.15) is 62.7 Å². The molecule has 0 spiro atoms. The standard InChI is InChI=1S/C21H29NO3/c1-20(2)21(12-17(21)14-25-20)22-19(23)16-8-10-18(11-9-16)24-13-15-6-4-3-5-7-15/h8-11,15,17H,3-7,12-14H2,1-2H3,(H,22,23). The minimum atomic E-state index is -0.281. The first-order chi connectivity index (χ1) is 12.0. The molecule has 1 saturated heterocycles. The number of nitrogens with one attached hydrogen (secondary N) is 1. The number of ether oxygens (including phenoxy) is 2. The highest BCUT2D eigenvalue weighted by atomic mass is 16.5. The number of hydrogen-bond donors (Lipinski definition) is 1. The predicted molar refractivity (Wildman–Crippen MR) is 96.8 cm³/mol. The van der Waals surface area contributed by atoms with E-state index in [4.69, 9.17) is 9.47 Å². The number of fused-ring (bicyclic) bond motifs is 1. The summed E-state index contributed by atoms with van der Waals surface area (Å²) in [5.41, 5.74) is 0.226. The molecule has 1 N–H and O–H groups in total. The number of carbonyl (C=O) groups is 1. The third-order valence-electron chi connectivity index (χ3n) is 6.49. The van der Waals surface area contributed by atoms with Gasteiger partial charge in [-0.15, -0.1) is 0 Å². The van der Waals surface area contributed by atoms with Crippen LogP contribution in [-0.4, -0.2) is 30.3 Å². The van der Waals surface area contributed by atoms with Gasteiger partial charge in [0, 0.05) is 11.5 Å². The first-order valence-electron chi connectivity index (χ1n) is 9.69. The summed E-state index contributed by atoms with van der Waals surface area (Å²) in [6, 6.07) is 7.55. The molecule has 2 unspecified atom stereocenters. The van der Waals surface area contributed by atoms with Gasteiger partial charge in [-0.25, -0.2) is 0 Å². The first kappa shape index (κ1) is 16.9. The summed E-state index contributed by atoms with van der Waals surface area (Å²) < 4.78 is 11.7. The molecular weight excluding hydrogens is 314 g/mol. The van der Waals surface area contributed by atoms with E-state index < -0.39 is 0 Å². The Labute approximate surface area is 150 Å². The Morgan fingerprint density at radius 1 is 1.20 bits per heavy atom. The zero-order chi connectivity index (χ0) is 17.5. The molecule has 1 amide bonds. The van der Waals surface area contributed by atoms with Gasteiger partial charge in [-0.2, -0.15) is 0 Å². The summed E-state index contributed by atoms with van der Waals surface area (Å²) in [6.45, 7) is 5.69. The van der Waals surface area contributed by atoms with Gasteiger partial charge in [0.15, 0.2) is 0 Å². The van der Waals surface area contributed by atoms with E-state index in [0.717, 1.165) is 25.4 Å². The SMILES string of the molecule is CC1(C)OCC2CC21NC(=O)c1ccc(OCC2CCCCC2)cc1. The van der Waals surface area contributed by atoms with Gasteiger partial charge in [-0.3, -0.25) is 4.79 Å². The second kappa shape index (κ2) is 6.31. The maximum Gasteiger partial charge on any atom is 0.251 e. The van der Waals surface area contributed by atoms with Crippen LogP contribution in [0.25, 0.3) is 0 Å². The Kier molecular flexibility index (Phi) is 4.27. The fraction of sp³-hybridized carbons (Fsp3) is 0.667. The molecule has 0 radical (unpaired) electrons. The van der Waals surface area contributed by atoms with Crippen LogP contribution in [0.3, 0.4) is 0 Å². The average Bonchev–Trinajstić information content (AvgIpc) is 3.28. The van der Waals surface area contributed by atoms with Crippen molar-refractivity contribution >= 4 is 5.91 Å². The van der Waals surface area contributed by atoms with Gasteiger partial charge in [-0.05, 0) is 63.3 Å². The molecule has 0 aromatic heterocycles.